The average molecular weight is 437 g/mol. The van der Waals surface area contributed by atoms with Crippen molar-refractivity contribution < 1.29 is 24.0 Å². The third kappa shape index (κ3) is 6.89. The van der Waals surface area contributed by atoms with Gasteiger partial charge in [-0.15, -0.1) is 10.2 Å². The van der Waals surface area contributed by atoms with Gasteiger partial charge in [0, 0.05) is 11.3 Å². The Bertz CT molecular complexity index is 865. The van der Waals surface area contributed by atoms with Crippen molar-refractivity contribution in [3.63, 3.8) is 0 Å². The molecule has 1 aliphatic rings. The quantitative estimate of drug-likeness (QED) is 0.310. The first kappa shape index (κ1) is 21.4. The van der Waals surface area contributed by atoms with E-state index in [2.05, 4.69) is 20.8 Å². The van der Waals surface area contributed by atoms with Crippen molar-refractivity contribution in [3.05, 3.63) is 29.8 Å². The number of nitrogens with zero attached hydrogens (tertiary/aromatic N) is 2. The number of carbonyl (C=O) groups is 3. The molecule has 1 aromatic heterocycles. The lowest BCUT2D eigenvalue weighted by molar-refractivity contribution is -0.899. The van der Waals surface area contributed by atoms with Crippen LogP contribution in [0.25, 0.3) is 0 Å². The monoisotopic (exact) mass is 436 g/mol. The summed E-state index contributed by atoms with van der Waals surface area (Å²) in [5.74, 6) is -0.165. The summed E-state index contributed by atoms with van der Waals surface area (Å²) in [4.78, 5) is 36.6. The van der Waals surface area contributed by atoms with Gasteiger partial charge in [-0.1, -0.05) is 23.1 Å². The van der Waals surface area contributed by atoms with E-state index < -0.39 is 0 Å². The van der Waals surface area contributed by atoms with Gasteiger partial charge < -0.3 is 15.0 Å². The van der Waals surface area contributed by atoms with E-state index in [1.54, 1.807) is 24.3 Å². The Hall–Kier alpha value is -2.34. The molecule has 0 bridgehead atoms. The second-order valence-electron chi connectivity index (χ2n) is 6.43. The van der Waals surface area contributed by atoms with Crippen LogP contribution >= 0.6 is 23.1 Å². The molecular weight excluding hydrogens is 414 g/mol. The van der Waals surface area contributed by atoms with Crippen molar-refractivity contribution in [1.29, 1.82) is 0 Å². The number of thioether (sulfide) groups is 1. The summed E-state index contributed by atoms with van der Waals surface area (Å²) in [5, 5.41) is 13.9. The normalized spacial score (nSPS) is 14.4. The topological polar surface area (TPSA) is 115 Å². The molecule has 1 aromatic carbocycles. The Labute approximate surface area is 176 Å². The number of ether oxygens (including phenoxy) is 1. The maximum absolute atomic E-state index is 12.1. The number of aromatic nitrogens is 2. The summed E-state index contributed by atoms with van der Waals surface area (Å²) in [6, 6.07) is 6.72. The summed E-state index contributed by atoms with van der Waals surface area (Å²) < 4.78 is 5.88. The standard InChI is InChI=1S/C18H21N5O4S2/c1-12(24)13-2-4-14(5-3-13)19-16(26)11-28-18-22-21-17(29-18)20-15(25)10-23-6-8-27-9-7-23/h2-5H,6-11H2,1H3,(H,19,26)(H,20,21,25)/p+1. The first-order valence-electron chi connectivity index (χ1n) is 9.08. The van der Waals surface area contributed by atoms with Crippen LogP contribution < -0.4 is 15.5 Å². The molecular formula is C18H22N5O4S2+. The average Bonchev–Trinajstić information content (AvgIpc) is 3.14. The van der Waals surface area contributed by atoms with Crippen LogP contribution in [0.15, 0.2) is 28.6 Å². The van der Waals surface area contributed by atoms with E-state index in [-0.39, 0.29) is 23.4 Å². The van der Waals surface area contributed by atoms with E-state index in [9.17, 15) is 14.4 Å². The van der Waals surface area contributed by atoms with Crippen LogP contribution in [0.3, 0.4) is 0 Å². The van der Waals surface area contributed by atoms with Crippen LogP contribution in [0.5, 0.6) is 0 Å². The van der Waals surface area contributed by atoms with Gasteiger partial charge in [0.2, 0.25) is 11.0 Å². The number of anilines is 2. The van der Waals surface area contributed by atoms with E-state index >= 15 is 0 Å². The number of carbonyl (C=O) groups excluding carboxylic acids is 3. The number of hydrogen-bond acceptors (Lipinski definition) is 8. The highest BCUT2D eigenvalue weighted by molar-refractivity contribution is 8.01. The molecule has 11 heteroatoms. The molecule has 0 radical (unpaired) electrons. The molecule has 9 nitrogen and oxygen atoms in total. The van der Waals surface area contributed by atoms with Crippen molar-refractivity contribution in [2.45, 2.75) is 11.3 Å². The minimum absolute atomic E-state index is 0.0241. The molecule has 3 N–H and O–H groups in total. The van der Waals surface area contributed by atoms with E-state index in [1.807, 2.05) is 0 Å². The molecule has 0 saturated carbocycles. The SMILES string of the molecule is CC(=O)c1ccc(NC(=O)CSc2nnc(NC(=O)C[NH+]3CCOCC3)s2)cc1. The lowest BCUT2D eigenvalue weighted by Crippen LogP contribution is -3.15. The summed E-state index contributed by atoms with van der Waals surface area (Å²) in [6.07, 6.45) is 0. The Morgan fingerprint density at radius 2 is 1.83 bits per heavy atom. The van der Waals surface area contributed by atoms with Crippen LogP contribution in [0.1, 0.15) is 17.3 Å². The van der Waals surface area contributed by atoms with Gasteiger partial charge in [0.25, 0.3) is 5.91 Å². The lowest BCUT2D eigenvalue weighted by atomic mass is 10.1. The van der Waals surface area contributed by atoms with Crippen molar-refractivity contribution >= 4 is 51.5 Å². The van der Waals surface area contributed by atoms with Gasteiger partial charge in [0.05, 0.1) is 19.0 Å². The molecule has 2 amide bonds. The summed E-state index contributed by atoms with van der Waals surface area (Å²) in [5.41, 5.74) is 1.22. The molecule has 154 valence electrons. The minimum atomic E-state index is -0.192. The lowest BCUT2D eigenvalue weighted by Gasteiger charge is -2.22. The first-order valence-corrected chi connectivity index (χ1v) is 10.9. The number of amides is 2. The Balaban J connectivity index is 1.41. The molecule has 1 saturated heterocycles. The zero-order valence-corrected chi connectivity index (χ0v) is 17.5. The molecule has 0 aliphatic carbocycles. The second kappa shape index (κ2) is 10.4. The van der Waals surface area contributed by atoms with Crippen molar-refractivity contribution in [2.24, 2.45) is 0 Å². The maximum atomic E-state index is 12.1. The molecule has 3 rings (SSSR count). The number of ketones is 1. The van der Waals surface area contributed by atoms with Crippen molar-refractivity contribution in [2.75, 3.05) is 49.2 Å². The van der Waals surface area contributed by atoms with Crippen LogP contribution in [0.4, 0.5) is 10.8 Å². The van der Waals surface area contributed by atoms with Gasteiger partial charge in [0.15, 0.2) is 16.7 Å². The van der Waals surface area contributed by atoms with Crippen LogP contribution in [-0.4, -0.2) is 66.4 Å². The number of benzene rings is 1. The molecule has 0 unspecified atom stereocenters. The van der Waals surface area contributed by atoms with Crippen molar-refractivity contribution in [3.8, 4) is 0 Å². The van der Waals surface area contributed by atoms with Crippen LogP contribution in [-0.2, 0) is 14.3 Å². The Morgan fingerprint density at radius 1 is 1.10 bits per heavy atom. The van der Waals surface area contributed by atoms with Gasteiger partial charge in [-0.3, -0.25) is 19.7 Å². The third-order valence-electron chi connectivity index (χ3n) is 4.17. The highest BCUT2D eigenvalue weighted by Crippen LogP contribution is 2.25. The highest BCUT2D eigenvalue weighted by Gasteiger charge is 2.19. The highest BCUT2D eigenvalue weighted by atomic mass is 32.2. The zero-order chi connectivity index (χ0) is 20.6. The van der Waals surface area contributed by atoms with E-state index in [4.69, 9.17) is 4.74 Å². The Kier molecular flexibility index (Phi) is 7.69. The summed E-state index contributed by atoms with van der Waals surface area (Å²) in [7, 11) is 0. The molecule has 2 aromatic rings. The predicted molar refractivity (Wildman–Crippen MR) is 111 cm³/mol. The fourth-order valence-corrected chi connectivity index (χ4v) is 4.23. The fourth-order valence-electron chi connectivity index (χ4n) is 2.66. The summed E-state index contributed by atoms with van der Waals surface area (Å²) in [6.45, 7) is 4.84. The maximum Gasteiger partial charge on any atom is 0.281 e. The number of quaternary nitrogens is 1. The van der Waals surface area contributed by atoms with E-state index in [1.165, 1.54) is 34.9 Å². The van der Waals surface area contributed by atoms with E-state index in [0.717, 1.165) is 13.1 Å². The fraction of sp³-hybridized carbons (Fsp3) is 0.389. The van der Waals surface area contributed by atoms with Crippen LogP contribution in [0.2, 0.25) is 0 Å². The minimum Gasteiger partial charge on any atom is -0.370 e. The van der Waals surface area contributed by atoms with E-state index in [0.29, 0.717) is 40.5 Å². The molecule has 2 heterocycles. The number of Topliss-reactive ketones (excluding diaryl/α,β-unsaturated/α-hetero) is 1. The Morgan fingerprint density at radius 3 is 2.52 bits per heavy atom. The van der Waals surface area contributed by atoms with Gasteiger partial charge in [-0.25, -0.2) is 0 Å². The van der Waals surface area contributed by atoms with Gasteiger partial charge in [-0.2, -0.15) is 0 Å². The van der Waals surface area contributed by atoms with Gasteiger partial charge in [0.1, 0.15) is 13.1 Å². The van der Waals surface area contributed by atoms with Gasteiger partial charge in [-0.05, 0) is 31.2 Å². The summed E-state index contributed by atoms with van der Waals surface area (Å²) >= 11 is 2.48. The third-order valence-corrected chi connectivity index (χ3v) is 6.14. The largest absolute Gasteiger partial charge is 0.370 e. The molecule has 0 atom stereocenters. The van der Waals surface area contributed by atoms with Crippen molar-refractivity contribution in [1.82, 2.24) is 10.2 Å². The van der Waals surface area contributed by atoms with Crippen LogP contribution in [0, 0.1) is 0 Å². The second-order valence-corrected chi connectivity index (χ2v) is 8.63. The molecule has 29 heavy (non-hydrogen) atoms. The molecule has 1 fully saturated rings. The number of hydrogen-bond donors (Lipinski definition) is 3. The molecule has 1 aliphatic heterocycles. The molecule has 0 spiro atoms. The number of nitrogens with one attached hydrogen (secondary N) is 3. The number of rotatable bonds is 8. The number of morpholine rings is 1. The predicted octanol–water partition coefficient (Wildman–Crippen LogP) is 0.325. The van der Waals surface area contributed by atoms with Gasteiger partial charge >= 0.3 is 0 Å². The first-order chi connectivity index (χ1) is 14.0. The smallest absolute Gasteiger partial charge is 0.281 e. The zero-order valence-electron chi connectivity index (χ0n) is 15.9.